The fraction of sp³-hybridized carbons (Fsp3) is 0.933. The number of rotatable bonds is 2. The summed E-state index contributed by atoms with van der Waals surface area (Å²) in [6.07, 6.45) is 5.44. The van der Waals surface area contributed by atoms with Gasteiger partial charge < -0.3 is 15.4 Å². The van der Waals surface area contributed by atoms with E-state index in [1.165, 1.54) is 0 Å². The summed E-state index contributed by atoms with van der Waals surface area (Å²) in [4.78, 5) is 14.8. The molecule has 1 saturated heterocycles. The fourth-order valence-corrected chi connectivity index (χ4v) is 3.43. The van der Waals surface area contributed by atoms with Crippen LogP contribution in [0.3, 0.4) is 0 Å². The number of carbonyl (C=O) groups excluding carboxylic acids is 1. The lowest BCUT2D eigenvalue weighted by Gasteiger charge is -2.43. The van der Waals surface area contributed by atoms with Gasteiger partial charge in [0.15, 0.2) is 0 Å². The molecule has 2 aliphatic rings. The van der Waals surface area contributed by atoms with Crippen molar-refractivity contribution in [1.82, 2.24) is 4.90 Å². The van der Waals surface area contributed by atoms with Gasteiger partial charge in [-0.1, -0.05) is 19.8 Å². The van der Waals surface area contributed by atoms with Gasteiger partial charge in [-0.3, -0.25) is 4.79 Å². The second-order valence-corrected chi connectivity index (χ2v) is 6.52. The average Bonchev–Trinajstić information content (AvgIpc) is 2.36. The SMILES string of the molecule is CCC1CN(C(=O)C2CCCCC2(C)N)CC(C)O1. The van der Waals surface area contributed by atoms with E-state index in [9.17, 15) is 4.79 Å². The molecule has 1 aliphatic carbocycles. The molecule has 0 aromatic rings. The second kappa shape index (κ2) is 5.80. The highest BCUT2D eigenvalue weighted by atomic mass is 16.5. The molecule has 19 heavy (non-hydrogen) atoms. The molecular weight excluding hydrogens is 240 g/mol. The molecule has 4 nitrogen and oxygen atoms in total. The normalized spacial score (nSPS) is 40.2. The lowest BCUT2D eigenvalue weighted by atomic mass is 9.74. The van der Waals surface area contributed by atoms with E-state index in [1.807, 2.05) is 18.7 Å². The number of nitrogens with zero attached hydrogens (tertiary/aromatic N) is 1. The molecule has 0 bridgehead atoms. The van der Waals surface area contributed by atoms with Crippen LogP contribution in [0, 0.1) is 5.92 Å². The molecule has 4 atom stereocenters. The van der Waals surface area contributed by atoms with Gasteiger partial charge in [0.1, 0.15) is 0 Å². The van der Waals surface area contributed by atoms with Gasteiger partial charge in [-0.25, -0.2) is 0 Å². The third-order valence-corrected chi connectivity index (χ3v) is 4.65. The maximum absolute atomic E-state index is 12.8. The molecule has 2 rings (SSSR count). The number of morpholine rings is 1. The maximum atomic E-state index is 12.8. The zero-order valence-corrected chi connectivity index (χ0v) is 12.5. The number of hydrogen-bond donors (Lipinski definition) is 1. The van der Waals surface area contributed by atoms with Crippen LogP contribution in [0.25, 0.3) is 0 Å². The topological polar surface area (TPSA) is 55.6 Å². The molecule has 1 heterocycles. The summed E-state index contributed by atoms with van der Waals surface area (Å²) in [5.41, 5.74) is 6.02. The molecule has 0 aromatic heterocycles. The van der Waals surface area contributed by atoms with Crippen molar-refractivity contribution in [3.8, 4) is 0 Å². The number of ether oxygens (including phenoxy) is 1. The average molecular weight is 268 g/mol. The molecule has 0 spiro atoms. The summed E-state index contributed by atoms with van der Waals surface area (Å²) in [6.45, 7) is 7.63. The first-order valence-electron chi connectivity index (χ1n) is 7.67. The van der Waals surface area contributed by atoms with Crippen LogP contribution in [0.2, 0.25) is 0 Å². The molecule has 1 amide bonds. The van der Waals surface area contributed by atoms with Crippen LogP contribution in [-0.2, 0) is 9.53 Å². The Kier molecular flexibility index (Phi) is 4.51. The summed E-state index contributed by atoms with van der Waals surface area (Å²) in [7, 11) is 0. The van der Waals surface area contributed by atoms with Crippen molar-refractivity contribution < 1.29 is 9.53 Å². The monoisotopic (exact) mass is 268 g/mol. The van der Waals surface area contributed by atoms with Gasteiger partial charge >= 0.3 is 0 Å². The maximum Gasteiger partial charge on any atom is 0.227 e. The third-order valence-electron chi connectivity index (χ3n) is 4.65. The zero-order chi connectivity index (χ0) is 14.0. The smallest absolute Gasteiger partial charge is 0.227 e. The lowest BCUT2D eigenvalue weighted by molar-refractivity contribution is -0.151. The predicted molar refractivity (Wildman–Crippen MR) is 75.8 cm³/mol. The van der Waals surface area contributed by atoms with E-state index in [0.29, 0.717) is 6.54 Å². The van der Waals surface area contributed by atoms with E-state index in [0.717, 1.165) is 38.6 Å². The van der Waals surface area contributed by atoms with E-state index < -0.39 is 0 Å². The Balaban J connectivity index is 2.05. The van der Waals surface area contributed by atoms with Gasteiger partial charge in [0.05, 0.1) is 18.1 Å². The van der Waals surface area contributed by atoms with Crippen LogP contribution in [0.15, 0.2) is 0 Å². The van der Waals surface area contributed by atoms with Gasteiger partial charge in [-0.2, -0.15) is 0 Å². The van der Waals surface area contributed by atoms with Gasteiger partial charge in [-0.05, 0) is 33.1 Å². The van der Waals surface area contributed by atoms with E-state index in [-0.39, 0.29) is 29.6 Å². The van der Waals surface area contributed by atoms with Crippen molar-refractivity contribution >= 4 is 5.91 Å². The van der Waals surface area contributed by atoms with Crippen molar-refractivity contribution in [2.75, 3.05) is 13.1 Å². The number of carbonyl (C=O) groups is 1. The summed E-state index contributed by atoms with van der Waals surface area (Å²) in [6, 6.07) is 0. The summed E-state index contributed by atoms with van der Waals surface area (Å²) in [5, 5.41) is 0. The van der Waals surface area contributed by atoms with Gasteiger partial charge in [0, 0.05) is 18.6 Å². The number of hydrogen-bond acceptors (Lipinski definition) is 3. The highest BCUT2D eigenvalue weighted by Crippen LogP contribution is 2.33. The molecule has 4 heteroatoms. The summed E-state index contributed by atoms with van der Waals surface area (Å²) < 4.78 is 5.83. The molecule has 1 saturated carbocycles. The molecule has 110 valence electrons. The summed E-state index contributed by atoms with van der Waals surface area (Å²) in [5.74, 6) is 0.238. The van der Waals surface area contributed by atoms with Crippen LogP contribution in [-0.4, -0.2) is 41.6 Å². The minimum atomic E-state index is -0.335. The highest BCUT2D eigenvalue weighted by molar-refractivity contribution is 5.80. The minimum absolute atomic E-state index is 0.0101. The highest BCUT2D eigenvalue weighted by Gasteiger charge is 2.41. The van der Waals surface area contributed by atoms with Crippen LogP contribution >= 0.6 is 0 Å². The van der Waals surface area contributed by atoms with Crippen LogP contribution < -0.4 is 5.73 Å². The van der Waals surface area contributed by atoms with E-state index in [2.05, 4.69) is 6.92 Å². The van der Waals surface area contributed by atoms with Gasteiger partial charge in [-0.15, -0.1) is 0 Å². The first-order valence-corrected chi connectivity index (χ1v) is 7.67. The Labute approximate surface area is 116 Å². The number of nitrogens with two attached hydrogens (primary N) is 1. The second-order valence-electron chi connectivity index (χ2n) is 6.52. The largest absolute Gasteiger partial charge is 0.372 e. The standard InChI is InChI=1S/C15H28N2O2/c1-4-12-10-17(9-11(2)19-12)14(18)13-7-5-6-8-15(13,3)16/h11-13H,4-10,16H2,1-3H3. The Morgan fingerprint density at radius 1 is 1.42 bits per heavy atom. The lowest BCUT2D eigenvalue weighted by Crippen LogP contribution is -2.57. The molecular formula is C15H28N2O2. The first-order chi connectivity index (χ1) is 8.94. The van der Waals surface area contributed by atoms with Gasteiger partial charge in [0.25, 0.3) is 0 Å². The molecule has 2 fully saturated rings. The van der Waals surface area contributed by atoms with Gasteiger partial charge in [0.2, 0.25) is 5.91 Å². The van der Waals surface area contributed by atoms with E-state index in [4.69, 9.17) is 10.5 Å². The summed E-state index contributed by atoms with van der Waals surface area (Å²) >= 11 is 0. The molecule has 4 unspecified atom stereocenters. The molecule has 1 aliphatic heterocycles. The Bertz CT molecular complexity index is 330. The van der Waals surface area contributed by atoms with Crippen LogP contribution in [0.1, 0.15) is 52.9 Å². The van der Waals surface area contributed by atoms with Crippen molar-refractivity contribution in [3.63, 3.8) is 0 Å². The van der Waals surface area contributed by atoms with E-state index in [1.54, 1.807) is 0 Å². The molecule has 0 radical (unpaired) electrons. The quantitative estimate of drug-likeness (QED) is 0.832. The fourth-order valence-electron chi connectivity index (χ4n) is 3.43. The van der Waals surface area contributed by atoms with Crippen LogP contribution in [0.5, 0.6) is 0 Å². The molecule has 2 N–H and O–H groups in total. The zero-order valence-electron chi connectivity index (χ0n) is 12.5. The Morgan fingerprint density at radius 3 is 2.79 bits per heavy atom. The molecule has 0 aromatic carbocycles. The minimum Gasteiger partial charge on any atom is -0.372 e. The van der Waals surface area contributed by atoms with Crippen molar-refractivity contribution in [2.45, 2.75) is 70.6 Å². The first kappa shape index (κ1) is 14.8. The van der Waals surface area contributed by atoms with Crippen molar-refractivity contribution in [1.29, 1.82) is 0 Å². The van der Waals surface area contributed by atoms with Crippen LogP contribution in [0.4, 0.5) is 0 Å². The third kappa shape index (κ3) is 3.29. The Morgan fingerprint density at radius 2 is 2.16 bits per heavy atom. The van der Waals surface area contributed by atoms with E-state index >= 15 is 0 Å². The predicted octanol–water partition coefficient (Wildman–Crippen LogP) is 1.92. The Hall–Kier alpha value is -0.610. The number of amides is 1. The van der Waals surface area contributed by atoms with Crippen molar-refractivity contribution in [3.05, 3.63) is 0 Å². The van der Waals surface area contributed by atoms with Crippen molar-refractivity contribution in [2.24, 2.45) is 11.7 Å².